The number of hydrogen-bond donors (Lipinski definition) is 2. The minimum atomic E-state index is -1.21. The van der Waals surface area contributed by atoms with Crippen molar-refractivity contribution in [2.75, 3.05) is 13.1 Å². The predicted octanol–water partition coefficient (Wildman–Crippen LogP) is 0.614. The number of carboxylic acid groups (broad SMARTS) is 1. The van der Waals surface area contributed by atoms with Crippen LogP contribution in [0.4, 0.5) is 0 Å². The van der Waals surface area contributed by atoms with Gasteiger partial charge in [0.1, 0.15) is 5.54 Å². The monoisotopic (exact) mass is 270 g/mol. The van der Waals surface area contributed by atoms with E-state index in [2.05, 4.69) is 5.32 Å². The Balaban J connectivity index is 2.56. The number of carbonyl (C=O) groups is 3. The molecule has 1 rings (SSSR count). The highest BCUT2D eigenvalue weighted by Crippen LogP contribution is 2.19. The van der Waals surface area contributed by atoms with Crippen LogP contribution in [-0.2, 0) is 14.4 Å². The van der Waals surface area contributed by atoms with Crippen molar-refractivity contribution in [3.63, 3.8) is 0 Å². The van der Waals surface area contributed by atoms with Crippen LogP contribution in [-0.4, -0.2) is 46.4 Å². The van der Waals surface area contributed by atoms with E-state index in [-0.39, 0.29) is 17.7 Å². The summed E-state index contributed by atoms with van der Waals surface area (Å²) in [5.41, 5.74) is -1.21. The Bertz CT molecular complexity index is 375. The van der Waals surface area contributed by atoms with Gasteiger partial charge in [-0.25, -0.2) is 4.79 Å². The molecule has 0 aliphatic carbocycles. The molecule has 0 aromatic carbocycles. The lowest BCUT2D eigenvalue weighted by Gasteiger charge is -2.33. The van der Waals surface area contributed by atoms with Gasteiger partial charge in [0.2, 0.25) is 11.8 Å². The number of piperidine rings is 1. The normalized spacial score (nSPS) is 19.6. The van der Waals surface area contributed by atoms with Crippen molar-refractivity contribution < 1.29 is 19.5 Å². The summed E-state index contributed by atoms with van der Waals surface area (Å²) in [5, 5.41) is 11.7. The molecule has 0 bridgehead atoms. The number of likely N-dealkylation sites (tertiary alicyclic amines) is 1. The maximum Gasteiger partial charge on any atom is 0.329 e. The number of nitrogens with zero attached hydrogens (tertiary/aromatic N) is 1. The second kappa shape index (κ2) is 6.04. The van der Waals surface area contributed by atoms with E-state index in [4.69, 9.17) is 5.11 Å². The van der Waals surface area contributed by atoms with Crippen LogP contribution in [0.15, 0.2) is 0 Å². The van der Waals surface area contributed by atoms with Gasteiger partial charge < -0.3 is 15.3 Å². The number of carboxylic acids is 1. The quantitative estimate of drug-likeness (QED) is 0.783. The average Bonchev–Trinajstić information content (AvgIpc) is 2.38. The molecule has 0 radical (unpaired) electrons. The van der Waals surface area contributed by atoms with Gasteiger partial charge in [-0.15, -0.1) is 0 Å². The second-order valence-corrected chi connectivity index (χ2v) is 5.26. The molecule has 2 N–H and O–H groups in total. The summed E-state index contributed by atoms with van der Waals surface area (Å²) in [4.78, 5) is 36.1. The summed E-state index contributed by atoms with van der Waals surface area (Å²) < 4.78 is 0. The van der Waals surface area contributed by atoms with E-state index in [1.54, 1.807) is 11.8 Å². The molecule has 1 aliphatic heterocycles. The molecule has 19 heavy (non-hydrogen) atoms. The maximum atomic E-state index is 12.1. The average molecular weight is 270 g/mol. The van der Waals surface area contributed by atoms with E-state index in [0.717, 1.165) is 0 Å². The molecule has 0 aromatic heterocycles. The first kappa shape index (κ1) is 15.5. The smallest absolute Gasteiger partial charge is 0.329 e. The third-order valence-electron chi connectivity index (χ3n) is 3.89. The number of aliphatic carboxylic acids is 1. The molecule has 6 nitrogen and oxygen atoms in total. The molecule has 1 heterocycles. The zero-order valence-corrected chi connectivity index (χ0v) is 11.7. The van der Waals surface area contributed by atoms with E-state index in [1.165, 1.54) is 13.8 Å². The topological polar surface area (TPSA) is 86.7 Å². The number of hydrogen-bond acceptors (Lipinski definition) is 3. The van der Waals surface area contributed by atoms with Crippen LogP contribution in [0.3, 0.4) is 0 Å². The first-order valence-corrected chi connectivity index (χ1v) is 6.61. The SMILES string of the molecule is CCC(C)(NC(=O)C1CCN(C(C)=O)CC1)C(=O)O. The standard InChI is InChI=1S/C13H22N2O4/c1-4-13(3,12(18)19)14-11(17)10-5-7-15(8-6-10)9(2)16/h10H,4-8H2,1-3H3,(H,14,17)(H,18,19). The fourth-order valence-electron chi connectivity index (χ4n) is 2.12. The summed E-state index contributed by atoms with van der Waals surface area (Å²) in [6.07, 6.45) is 1.51. The summed E-state index contributed by atoms with van der Waals surface area (Å²) in [5.74, 6) is -1.44. The third kappa shape index (κ3) is 3.68. The van der Waals surface area contributed by atoms with Gasteiger partial charge in [0.15, 0.2) is 0 Å². The molecule has 0 aromatic rings. The Kier molecular flexibility index (Phi) is 4.91. The Labute approximate surface area is 113 Å². The Hall–Kier alpha value is -1.59. The molecule has 2 amide bonds. The molecular formula is C13H22N2O4. The molecule has 1 fully saturated rings. The molecule has 0 spiro atoms. The van der Waals surface area contributed by atoms with Crippen molar-refractivity contribution in [1.82, 2.24) is 10.2 Å². The van der Waals surface area contributed by atoms with Gasteiger partial charge in [-0.1, -0.05) is 6.92 Å². The van der Waals surface area contributed by atoms with Gasteiger partial charge in [0.05, 0.1) is 0 Å². The van der Waals surface area contributed by atoms with Gasteiger partial charge in [-0.2, -0.15) is 0 Å². The largest absolute Gasteiger partial charge is 0.480 e. The summed E-state index contributed by atoms with van der Waals surface area (Å²) in [6, 6.07) is 0. The fraction of sp³-hybridized carbons (Fsp3) is 0.769. The van der Waals surface area contributed by atoms with Gasteiger partial charge in [-0.05, 0) is 26.2 Å². The maximum absolute atomic E-state index is 12.1. The number of amides is 2. The van der Waals surface area contributed by atoms with Crippen LogP contribution in [0.25, 0.3) is 0 Å². The van der Waals surface area contributed by atoms with Gasteiger partial charge in [-0.3, -0.25) is 9.59 Å². The molecule has 1 aliphatic rings. The molecule has 0 saturated carbocycles. The molecule has 1 saturated heterocycles. The minimum absolute atomic E-state index is 0.0165. The van der Waals surface area contributed by atoms with Crippen LogP contribution >= 0.6 is 0 Å². The van der Waals surface area contributed by atoms with Gasteiger partial charge >= 0.3 is 5.97 Å². The zero-order valence-electron chi connectivity index (χ0n) is 11.7. The summed E-state index contributed by atoms with van der Waals surface area (Å²) in [6.45, 7) is 5.87. The lowest BCUT2D eigenvalue weighted by Crippen LogP contribution is -2.54. The Morgan fingerprint density at radius 2 is 1.84 bits per heavy atom. The van der Waals surface area contributed by atoms with Crippen LogP contribution in [0.5, 0.6) is 0 Å². The zero-order chi connectivity index (χ0) is 14.6. The predicted molar refractivity (Wildman–Crippen MR) is 69.5 cm³/mol. The fourth-order valence-corrected chi connectivity index (χ4v) is 2.12. The highest BCUT2D eigenvalue weighted by Gasteiger charge is 2.35. The first-order chi connectivity index (χ1) is 8.80. The Morgan fingerprint density at radius 1 is 1.32 bits per heavy atom. The summed E-state index contributed by atoms with van der Waals surface area (Å²) >= 11 is 0. The second-order valence-electron chi connectivity index (χ2n) is 5.26. The third-order valence-corrected chi connectivity index (χ3v) is 3.89. The summed E-state index contributed by atoms with van der Waals surface area (Å²) in [7, 11) is 0. The van der Waals surface area contributed by atoms with Crippen molar-refractivity contribution in [2.45, 2.75) is 45.6 Å². The first-order valence-electron chi connectivity index (χ1n) is 6.61. The van der Waals surface area contributed by atoms with Crippen LogP contribution in [0, 0.1) is 5.92 Å². The van der Waals surface area contributed by atoms with Crippen molar-refractivity contribution in [2.24, 2.45) is 5.92 Å². The van der Waals surface area contributed by atoms with Gasteiger partial charge in [0, 0.05) is 25.9 Å². The van der Waals surface area contributed by atoms with E-state index in [9.17, 15) is 14.4 Å². The number of rotatable bonds is 4. The number of nitrogens with one attached hydrogen (secondary N) is 1. The van der Waals surface area contributed by atoms with Crippen LogP contribution in [0.1, 0.15) is 40.0 Å². The van der Waals surface area contributed by atoms with E-state index >= 15 is 0 Å². The molecular weight excluding hydrogens is 248 g/mol. The lowest BCUT2D eigenvalue weighted by molar-refractivity contribution is -0.148. The lowest BCUT2D eigenvalue weighted by atomic mass is 9.92. The van der Waals surface area contributed by atoms with E-state index in [0.29, 0.717) is 32.4 Å². The molecule has 1 unspecified atom stereocenters. The molecule has 108 valence electrons. The number of carbonyl (C=O) groups excluding carboxylic acids is 2. The molecule has 6 heteroatoms. The van der Waals surface area contributed by atoms with Crippen LogP contribution < -0.4 is 5.32 Å². The molecule has 1 atom stereocenters. The van der Waals surface area contributed by atoms with Crippen molar-refractivity contribution in [1.29, 1.82) is 0 Å². The highest BCUT2D eigenvalue weighted by atomic mass is 16.4. The van der Waals surface area contributed by atoms with E-state index in [1.807, 2.05) is 0 Å². The van der Waals surface area contributed by atoms with E-state index < -0.39 is 11.5 Å². The minimum Gasteiger partial charge on any atom is -0.480 e. The van der Waals surface area contributed by atoms with Gasteiger partial charge in [0.25, 0.3) is 0 Å². The van der Waals surface area contributed by atoms with Crippen molar-refractivity contribution >= 4 is 17.8 Å². The highest BCUT2D eigenvalue weighted by molar-refractivity contribution is 5.87. The Morgan fingerprint density at radius 3 is 2.21 bits per heavy atom. The van der Waals surface area contributed by atoms with Crippen molar-refractivity contribution in [3.05, 3.63) is 0 Å². The van der Waals surface area contributed by atoms with Crippen molar-refractivity contribution in [3.8, 4) is 0 Å². The van der Waals surface area contributed by atoms with Crippen LogP contribution in [0.2, 0.25) is 0 Å².